The van der Waals surface area contributed by atoms with Crippen LogP contribution in [0.15, 0.2) is 0 Å². The third-order valence-electron chi connectivity index (χ3n) is 9.14. The van der Waals surface area contributed by atoms with Crippen molar-refractivity contribution in [3.05, 3.63) is 0 Å². The minimum Gasteiger partial charge on any atom is -0.387 e. The van der Waals surface area contributed by atoms with E-state index in [-0.39, 0.29) is 47.7 Å². The van der Waals surface area contributed by atoms with E-state index >= 15 is 0 Å². The number of likely N-dealkylation sites (tertiary alicyclic amines) is 1. The predicted octanol–water partition coefficient (Wildman–Crippen LogP) is 2.15. The Bertz CT molecular complexity index is 818. The third-order valence-corrected chi connectivity index (χ3v) is 9.14. The molecule has 0 bridgehead atoms. The van der Waals surface area contributed by atoms with Gasteiger partial charge >= 0.3 is 0 Å². The van der Waals surface area contributed by atoms with Gasteiger partial charge in [-0.25, -0.2) is 0 Å². The van der Waals surface area contributed by atoms with Gasteiger partial charge in [0.15, 0.2) is 0 Å². The lowest BCUT2D eigenvalue weighted by Crippen LogP contribution is -2.52. The van der Waals surface area contributed by atoms with Crippen molar-refractivity contribution in [1.29, 1.82) is 5.41 Å². The fraction of sp³-hybridized carbons (Fsp3) is 0.815. The highest BCUT2D eigenvalue weighted by Gasteiger charge is 2.48. The fourth-order valence-corrected chi connectivity index (χ4v) is 7.17. The molecule has 194 valence electrons. The summed E-state index contributed by atoms with van der Waals surface area (Å²) in [6, 6.07) is 0.274. The summed E-state index contributed by atoms with van der Waals surface area (Å²) in [5.41, 5.74) is 11.4. The Morgan fingerprint density at radius 2 is 1.74 bits per heavy atom. The first-order chi connectivity index (χ1) is 16.9. The zero-order valence-electron chi connectivity index (χ0n) is 20.9. The monoisotopic (exact) mass is 485 g/mol. The number of ether oxygens (including phenoxy) is 1. The number of nitrogens with zero attached hydrogens (tertiary/aromatic N) is 1. The maximum atomic E-state index is 13.6. The Labute approximate surface area is 209 Å². The van der Waals surface area contributed by atoms with Crippen LogP contribution in [0, 0.1) is 41.4 Å². The van der Waals surface area contributed by atoms with Gasteiger partial charge in [0.25, 0.3) is 0 Å². The predicted molar refractivity (Wildman–Crippen MR) is 135 cm³/mol. The van der Waals surface area contributed by atoms with Gasteiger partial charge in [0.1, 0.15) is 6.61 Å². The Hall–Kier alpha value is -2.11. The first-order valence-electron chi connectivity index (χ1n) is 13.6. The average molecular weight is 486 g/mol. The minimum absolute atomic E-state index is 0.00983. The van der Waals surface area contributed by atoms with Crippen LogP contribution in [-0.4, -0.2) is 59.9 Å². The molecule has 0 aromatic rings. The van der Waals surface area contributed by atoms with Crippen molar-refractivity contribution in [2.75, 3.05) is 13.2 Å². The summed E-state index contributed by atoms with van der Waals surface area (Å²) in [4.78, 5) is 27.7. The zero-order valence-corrected chi connectivity index (χ0v) is 20.9. The van der Waals surface area contributed by atoms with E-state index in [9.17, 15) is 9.59 Å². The molecule has 8 heteroatoms. The normalized spacial score (nSPS) is 37.7. The Morgan fingerprint density at radius 1 is 1.00 bits per heavy atom. The second kappa shape index (κ2) is 11.7. The van der Waals surface area contributed by atoms with Gasteiger partial charge in [-0.15, -0.1) is 6.42 Å². The van der Waals surface area contributed by atoms with Crippen LogP contribution in [0.2, 0.25) is 0 Å². The summed E-state index contributed by atoms with van der Waals surface area (Å²) < 4.78 is 5.77. The quantitative estimate of drug-likeness (QED) is 0.237. The SMILES string of the molecule is C#CCOC1CCCC(NC(=O)C2CC3CCC(C(=N)N)CC3N2CC2CCC(C(N)=O)CC2)C1. The van der Waals surface area contributed by atoms with Crippen molar-refractivity contribution in [3.8, 4) is 12.3 Å². The number of hydrogen-bond donors (Lipinski definition) is 4. The highest BCUT2D eigenvalue weighted by Crippen LogP contribution is 2.43. The molecule has 0 aromatic carbocycles. The third kappa shape index (κ3) is 6.37. The van der Waals surface area contributed by atoms with Crippen LogP contribution in [0.3, 0.4) is 0 Å². The molecular weight excluding hydrogens is 442 g/mol. The second-order valence-electron chi connectivity index (χ2n) is 11.4. The molecule has 0 spiro atoms. The van der Waals surface area contributed by atoms with Gasteiger partial charge in [0.05, 0.1) is 18.0 Å². The molecule has 6 unspecified atom stereocenters. The molecule has 6 N–H and O–H groups in total. The molecule has 1 heterocycles. The molecule has 35 heavy (non-hydrogen) atoms. The first-order valence-corrected chi connectivity index (χ1v) is 13.6. The van der Waals surface area contributed by atoms with Crippen molar-refractivity contribution in [3.63, 3.8) is 0 Å². The van der Waals surface area contributed by atoms with Crippen LogP contribution >= 0.6 is 0 Å². The summed E-state index contributed by atoms with van der Waals surface area (Å²) in [5.74, 6) is 3.81. The number of hydrogen-bond acceptors (Lipinski definition) is 5. The van der Waals surface area contributed by atoms with Crippen LogP contribution in [0.5, 0.6) is 0 Å². The number of primary amides is 1. The number of rotatable bonds is 8. The highest BCUT2D eigenvalue weighted by atomic mass is 16.5. The number of nitrogens with two attached hydrogens (primary N) is 2. The van der Waals surface area contributed by atoms with Gasteiger partial charge in [-0.1, -0.05) is 5.92 Å². The summed E-state index contributed by atoms with van der Waals surface area (Å²) in [6.45, 7) is 1.19. The molecule has 0 radical (unpaired) electrons. The molecule has 0 aromatic heterocycles. The van der Waals surface area contributed by atoms with Crippen molar-refractivity contribution in [2.45, 2.75) is 101 Å². The topological polar surface area (TPSA) is 135 Å². The minimum atomic E-state index is -0.185. The van der Waals surface area contributed by atoms with Crippen molar-refractivity contribution in [1.82, 2.24) is 10.2 Å². The molecule has 1 saturated heterocycles. The van der Waals surface area contributed by atoms with E-state index in [2.05, 4.69) is 16.1 Å². The maximum absolute atomic E-state index is 13.6. The smallest absolute Gasteiger partial charge is 0.237 e. The standard InChI is InChI=1S/C27H43N5O3/c1-2-12-35-22-5-3-4-21(15-22)31-27(34)24-13-19-10-11-20(25(28)29)14-23(19)32(24)16-17-6-8-18(9-7-17)26(30)33/h1,17-24H,3-16H2,(H3,28,29)(H2,30,33)(H,31,34). The van der Waals surface area contributed by atoms with Gasteiger partial charge in [-0.2, -0.15) is 0 Å². The Kier molecular flexibility index (Phi) is 8.72. The lowest BCUT2D eigenvalue weighted by Gasteiger charge is -2.40. The second-order valence-corrected chi connectivity index (χ2v) is 11.4. The number of terminal acetylenes is 1. The Balaban J connectivity index is 1.42. The van der Waals surface area contributed by atoms with Gasteiger partial charge < -0.3 is 21.5 Å². The summed E-state index contributed by atoms with van der Waals surface area (Å²) in [6.07, 6.45) is 16.6. The van der Waals surface area contributed by atoms with E-state index in [4.69, 9.17) is 28.0 Å². The van der Waals surface area contributed by atoms with Gasteiger partial charge in [-0.05, 0) is 88.9 Å². The number of amides is 2. The van der Waals surface area contributed by atoms with Crippen molar-refractivity contribution < 1.29 is 14.3 Å². The molecule has 6 atom stereocenters. The van der Waals surface area contributed by atoms with E-state index in [1.807, 2.05) is 0 Å². The largest absolute Gasteiger partial charge is 0.387 e. The van der Waals surface area contributed by atoms with Crippen LogP contribution < -0.4 is 16.8 Å². The Morgan fingerprint density at radius 3 is 2.43 bits per heavy atom. The molecule has 3 aliphatic carbocycles. The van der Waals surface area contributed by atoms with Crippen LogP contribution in [-0.2, 0) is 14.3 Å². The molecule has 4 fully saturated rings. The van der Waals surface area contributed by atoms with Gasteiger partial charge in [0.2, 0.25) is 11.8 Å². The molecular formula is C27H43N5O3. The summed E-state index contributed by atoms with van der Waals surface area (Å²) in [7, 11) is 0. The number of amidine groups is 1. The molecule has 2 amide bonds. The van der Waals surface area contributed by atoms with Crippen molar-refractivity contribution >= 4 is 17.6 Å². The summed E-state index contributed by atoms with van der Waals surface area (Å²) >= 11 is 0. The molecule has 4 rings (SSSR count). The van der Waals surface area contributed by atoms with Crippen molar-refractivity contribution in [2.24, 2.45) is 35.1 Å². The van der Waals surface area contributed by atoms with E-state index < -0.39 is 0 Å². The van der Waals surface area contributed by atoms with Crippen LogP contribution in [0.1, 0.15) is 77.0 Å². The molecule has 8 nitrogen and oxygen atoms in total. The zero-order chi connectivity index (χ0) is 24.9. The fourth-order valence-electron chi connectivity index (χ4n) is 7.17. The molecule has 1 aliphatic heterocycles. The number of nitrogens with one attached hydrogen (secondary N) is 2. The number of carbonyl (C=O) groups excluding carboxylic acids is 2. The maximum Gasteiger partial charge on any atom is 0.237 e. The first kappa shape index (κ1) is 26.0. The van der Waals surface area contributed by atoms with E-state index in [0.717, 1.165) is 83.6 Å². The van der Waals surface area contributed by atoms with Gasteiger partial charge in [0, 0.05) is 30.5 Å². The molecule has 3 saturated carbocycles. The lowest BCUT2D eigenvalue weighted by atomic mass is 9.77. The van der Waals surface area contributed by atoms with E-state index in [1.165, 1.54) is 0 Å². The highest BCUT2D eigenvalue weighted by molar-refractivity contribution is 5.83. The lowest BCUT2D eigenvalue weighted by molar-refractivity contribution is -0.127. The average Bonchev–Trinajstić information content (AvgIpc) is 3.21. The van der Waals surface area contributed by atoms with E-state index in [0.29, 0.717) is 24.5 Å². The van der Waals surface area contributed by atoms with Crippen LogP contribution in [0.25, 0.3) is 0 Å². The van der Waals surface area contributed by atoms with E-state index in [1.54, 1.807) is 0 Å². The number of carbonyl (C=O) groups is 2. The summed E-state index contributed by atoms with van der Waals surface area (Å²) in [5, 5.41) is 11.4. The van der Waals surface area contributed by atoms with Gasteiger partial charge in [-0.3, -0.25) is 19.9 Å². The van der Waals surface area contributed by atoms with Crippen LogP contribution in [0.4, 0.5) is 0 Å². The molecule has 4 aliphatic rings. The number of fused-ring (bicyclic) bond motifs is 1.